The average Bonchev–Trinajstić information content (AvgIpc) is 2.64. The highest BCUT2D eigenvalue weighted by Crippen LogP contribution is 2.30. The van der Waals surface area contributed by atoms with E-state index in [0.29, 0.717) is 6.04 Å². The fraction of sp³-hybridized carbons (Fsp3) is 0.333. The maximum Gasteiger partial charge on any atom is 0.123 e. The predicted octanol–water partition coefficient (Wildman–Crippen LogP) is 4.30. The third kappa shape index (κ3) is 4.29. The molecule has 1 N–H and O–H groups in total. The van der Waals surface area contributed by atoms with Gasteiger partial charge >= 0.3 is 0 Å². The van der Waals surface area contributed by atoms with Gasteiger partial charge in [-0.15, -0.1) is 0 Å². The van der Waals surface area contributed by atoms with Gasteiger partial charge in [0.25, 0.3) is 0 Å². The largest absolute Gasteiger partial charge is 0.322 e. The number of hydrogen-bond donors (Lipinski definition) is 1. The van der Waals surface area contributed by atoms with Gasteiger partial charge in [0, 0.05) is 37.1 Å². The Hall–Kier alpha value is -2.24. The van der Waals surface area contributed by atoms with Crippen molar-refractivity contribution in [3.05, 3.63) is 72.3 Å². The van der Waals surface area contributed by atoms with Crippen LogP contribution in [0.2, 0.25) is 0 Å². The summed E-state index contributed by atoms with van der Waals surface area (Å²) in [5, 5.41) is 3.46. The van der Waals surface area contributed by atoms with Crippen LogP contribution in [0, 0.1) is 11.6 Å². The Kier molecular flexibility index (Phi) is 6.01. The summed E-state index contributed by atoms with van der Waals surface area (Å²) >= 11 is 0. The lowest BCUT2D eigenvalue weighted by molar-refractivity contribution is 0.175. The molecule has 1 heterocycles. The number of benzene rings is 2. The van der Waals surface area contributed by atoms with E-state index in [4.69, 9.17) is 0 Å². The summed E-state index contributed by atoms with van der Waals surface area (Å²) in [6.45, 7) is 6.87. The SMILES string of the molecule is C/C=C\C(N1CCNC(C)C1)N(c1ccc(F)cc1)c1ccc(F)cc1. The van der Waals surface area contributed by atoms with Crippen molar-refractivity contribution in [2.75, 3.05) is 24.5 Å². The molecule has 3 nitrogen and oxygen atoms in total. The minimum absolute atomic E-state index is 0.0412. The molecule has 0 amide bonds. The van der Waals surface area contributed by atoms with Crippen LogP contribution in [0.1, 0.15) is 13.8 Å². The van der Waals surface area contributed by atoms with Gasteiger partial charge in [0.1, 0.15) is 17.8 Å². The first kappa shape index (κ1) is 18.5. The molecule has 1 fully saturated rings. The van der Waals surface area contributed by atoms with Crippen LogP contribution in [0.15, 0.2) is 60.7 Å². The molecule has 2 aromatic carbocycles. The molecule has 0 saturated carbocycles. The van der Waals surface area contributed by atoms with Crippen LogP contribution in [0.3, 0.4) is 0 Å². The Morgan fingerprint density at radius 1 is 1.04 bits per heavy atom. The van der Waals surface area contributed by atoms with Crippen molar-refractivity contribution in [2.24, 2.45) is 0 Å². The van der Waals surface area contributed by atoms with Crippen LogP contribution >= 0.6 is 0 Å². The third-order valence-electron chi connectivity index (χ3n) is 4.61. The highest BCUT2D eigenvalue weighted by atomic mass is 19.1. The summed E-state index contributed by atoms with van der Waals surface area (Å²) < 4.78 is 26.9. The fourth-order valence-corrected chi connectivity index (χ4v) is 3.40. The van der Waals surface area contributed by atoms with Crippen molar-refractivity contribution in [2.45, 2.75) is 26.1 Å². The van der Waals surface area contributed by atoms with Gasteiger partial charge in [0.05, 0.1) is 0 Å². The van der Waals surface area contributed by atoms with Gasteiger partial charge in [-0.2, -0.15) is 0 Å². The lowest BCUT2D eigenvalue weighted by atomic mass is 10.1. The molecule has 1 saturated heterocycles. The van der Waals surface area contributed by atoms with E-state index in [0.717, 1.165) is 31.0 Å². The molecular formula is C21H25F2N3. The third-order valence-corrected chi connectivity index (χ3v) is 4.61. The highest BCUT2D eigenvalue weighted by molar-refractivity contribution is 5.64. The molecule has 0 radical (unpaired) electrons. The van der Waals surface area contributed by atoms with Crippen molar-refractivity contribution in [1.82, 2.24) is 10.2 Å². The number of halogens is 2. The molecule has 2 atom stereocenters. The zero-order chi connectivity index (χ0) is 18.5. The molecule has 26 heavy (non-hydrogen) atoms. The van der Waals surface area contributed by atoms with Gasteiger partial charge in [-0.05, 0) is 62.4 Å². The lowest BCUT2D eigenvalue weighted by Gasteiger charge is -2.43. The van der Waals surface area contributed by atoms with Gasteiger partial charge in [0.15, 0.2) is 0 Å². The van der Waals surface area contributed by atoms with Crippen molar-refractivity contribution in [1.29, 1.82) is 0 Å². The zero-order valence-corrected chi connectivity index (χ0v) is 15.2. The Morgan fingerprint density at radius 2 is 1.58 bits per heavy atom. The summed E-state index contributed by atoms with van der Waals surface area (Å²) in [5.74, 6) is -0.544. The molecule has 2 aromatic rings. The van der Waals surface area contributed by atoms with Crippen LogP contribution in [-0.2, 0) is 0 Å². The molecule has 138 valence electrons. The van der Waals surface area contributed by atoms with Crippen LogP contribution in [0.4, 0.5) is 20.2 Å². The van der Waals surface area contributed by atoms with E-state index in [9.17, 15) is 8.78 Å². The Bertz CT molecular complexity index is 682. The topological polar surface area (TPSA) is 18.5 Å². The monoisotopic (exact) mass is 357 g/mol. The Labute approximate surface area is 153 Å². The van der Waals surface area contributed by atoms with Crippen LogP contribution in [-0.4, -0.2) is 36.7 Å². The summed E-state index contributed by atoms with van der Waals surface area (Å²) in [7, 11) is 0. The van der Waals surface area contributed by atoms with Gasteiger partial charge in [-0.25, -0.2) is 8.78 Å². The number of piperazine rings is 1. The minimum Gasteiger partial charge on any atom is -0.322 e. The first-order chi connectivity index (χ1) is 12.6. The molecule has 5 heteroatoms. The second-order valence-electron chi connectivity index (χ2n) is 6.61. The van der Waals surface area contributed by atoms with Crippen molar-refractivity contribution in [3.63, 3.8) is 0 Å². The first-order valence-corrected chi connectivity index (χ1v) is 8.99. The van der Waals surface area contributed by atoms with Gasteiger partial charge in [0.2, 0.25) is 0 Å². The smallest absolute Gasteiger partial charge is 0.123 e. The van der Waals surface area contributed by atoms with Gasteiger partial charge in [-0.3, -0.25) is 4.90 Å². The molecular weight excluding hydrogens is 332 g/mol. The summed E-state index contributed by atoms with van der Waals surface area (Å²) in [6, 6.07) is 13.3. The van der Waals surface area contributed by atoms with E-state index in [1.807, 2.05) is 13.0 Å². The predicted molar refractivity (Wildman–Crippen MR) is 103 cm³/mol. The molecule has 1 aliphatic rings. The van der Waals surface area contributed by atoms with Gasteiger partial charge in [-0.1, -0.05) is 12.2 Å². The van der Waals surface area contributed by atoms with E-state index in [1.54, 1.807) is 24.3 Å². The summed E-state index contributed by atoms with van der Waals surface area (Å²) in [5.41, 5.74) is 1.74. The molecule has 2 unspecified atom stereocenters. The van der Waals surface area contributed by atoms with E-state index >= 15 is 0 Å². The van der Waals surface area contributed by atoms with Crippen LogP contribution in [0.25, 0.3) is 0 Å². The average molecular weight is 357 g/mol. The molecule has 0 spiro atoms. The standard InChI is InChI=1S/C21H25F2N3/c1-3-4-21(25-14-13-24-16(2)15-25)26(19-9-5-17(22)6-10-19)20-11-7-18(23)8-12-20/h3-12,16,21,24H,13-15H2,1-2H3/b4-3-. The van der Waals surface area contributed by atoms with E-state index in [-0.39, 0.29) is 17.8 Å². The number of allylic oxidation sites excluding steroid dienone is 1. The maximum absolute atomic E-state index is 13.5. The fourth-order valence-electron chi connectivity index (χ4n) is 3.40. The molecule has 1 aliphatic heterocycles. The van der Waals surface area contributed by atoms with E-state index in [2.05, 4.69) is 28.1 Å². The number of rotatable bonds is 5. The normalized spacial score (nSPS) is 19.6. The quantitative estimate of drug-likeness (QED) is 0.805. The minimum atomic E-state index is -0.272. The van der Waals surface area contributed by atoms with Crippen LogP contribution < -0.4 is 10.2 Å². The molecule has 0 bridgehead atoms. The first-order valence-electron chi connectivity index (χ1n) is 8.99. The van der Waals surface area contributed by atoms with Crippen molar-refractivity contribution in [3.8, 4) is 0 Å². The second kappa shape index (κ2) is 8.43. The van der Waals surface area contributed by atoms with Crippen LogP contribution in [0.5, 0.6) is 0 Å². The van der Waals surface area contributed by atoms with E-state index in [1.165, 1.54) is 24.3 Å². The molecule has 0 aliphatic carbocycles. The highest BCUT2D eigenvalue weighted by Gasteiger charge is 2.28. The zero-order valence-electron chi connectivity index (χ0n) is 15.2. The Balaban J connectivity index is 2.03. The number of hydrogen-bond acceptors (Lipinski definition) is 3. The van der Waals surface area contributed by atoms with E-state index < -0.39 is 0 Å². The molecule has 0 aromatic heterocycles. The summed E-state index contributed by atoms with van der Waals surface area (Å²) in [4.78, 5) is 4.50. The molecule has 3 rings (SSSR count). The summed E-state index contributed by atoms with van der Waals surface area (Å²) in [6.07, 6.45) is 4.11. The number of nitrogens with zero attached hydrogens (tertiary/aromatic N) is 2. The maximum atomic E-state index is 13.5. The van der Waals surface area contributed by atoms with Gasteiger partial charge < -0.3 is 10.2 Å². The van der Waals surface area contributed by atoms with Crippen molar-refractivity contribution < 1.29 is 8.78 Å². The van der Waals surface area contributed by atoms with Crippen molar-refractivity contribution >= 4 is 11.4 Å². The Morgan fingerprint density at radius 3 is 2.04 bits per heavy atom. The lowest BCUT2D eigenvalue weighted by Crippen LogP contribution is -2.56. The second-order valence-corrected chi connectivity index (χ2v) is 6.61. The number of anilines is 2. The number of nitrogens with one attached hydrogen (secondary N) is 1.